The number of hydrogen-bond acceptors (Lipinski definition) is 3. The van der Waals surface area contributed by atoms with Crippen LogP contribution >= 0.6 is 11.6 Å². The third-order valence-corrected chi connectivity index (χ3v) is 5.01. The second-order valence-corrected chi connectivity index (χ2v) is 6.75. The highest BCUT2D eigenvalue weighted by molar-refractivity contribution is 6.30. The SMILES string of the molecule is CC(N)C(c1cccc(Cl)c1)N1C2CCC1CC(O)C2. The summed E-state index contributed by atoms with van der Waals surface area (Å²) in [4.78, 5) is 2.54. The summed E-state index contributed by atoms with van der Waals surface area (Å²) in [5.41, 5.74) is 7.48. The van der Waals surface area contributed by atoms with Crippen LogP contribution in [0.2, 0.25) is 5.02 Å². The van der Waals surface area contributed by atoms with Crippen molar-refractivity contribution in [2.45, 2.75) is 62.9 Å². The number of piperidine rings is 1. The van der Waals surface area contributed by atoms with Crippen molar-refractivity contribution >= 4 is 11.6 Å². The maximum absolute atomic E-state index is 9.96. The Bertz CT molecular complexity index is 465. The van der Waals surface area contributed by atoms with E-state index in [2.05, 4.69) is 17.9 Å². The van der Waals surface area contributed by atoms with E-state index in [1.165, 1.54) is 18.4 Å². The number of nitrogens with two attached hydrogens (primary N) is 1. The van der Waals surface area contributed by atoms with Crippen molar-refractivity contribution in [3.8, 4) is 0 Å². The van der Waals surface area contributed by atoms with Crippen LogP contribution in [0.5, 0.6) is 0 Å². The molecule has 2 heterocycles. The zero-order chi connectivity index (χ0) is 14.3. The van der Waals surface area contributed by atoms with Crippen molar-refractivity contribution < 1.29 is 5.11 Å². The number of aliphatic hydroxyl groups excluding tert-OH is 1. The molecule has 0 aromatic heterocycles. The van der Waals surface area contributed by atoms with Crippen molar-refractivity contribution in [1.29, 1.82) is 0 Å². The molecule has 0 radical (unpaired) electrons. The summed E-state index contributed by atoms with van der Waals surface area (Å²) in [6.45, 7) is 2.07. The Morgan fingerprint density at radius 1 is 1.30 bits per heavy atom. The van der Waals surface area contributed by atoms with Gasteiger partial charge < -0.3 is 10.8 Å². The molecule has 3 nitrogen and oxygen atoms in total. The van der Waals surface area contributed by atoms with E-state index in [0.29, 0.717) is 12.1 Å². The Hall–Kier alpha value is -0.610. The van der Waals surface area contributed by atoms with Gasteiger partial charge in [-0.25, -0.2) is 0 Å². The monoisotopic (exact) mass is 294 g/mol. The highest BCUT2D eigenvalue weighted by Gasteiger charge is 2.44. The van der Waals surface area contributed by atoms with Crippen molar-refractivity contribution in [2.75, 3.05) is 0 Å². The van der Waals surface area contributed by atoms with Crippen LogP contribution in [0.3, 0.4) is 0 Å². The predicted octanol–water partition coefficient (Wildman–Crippen LogP) is 2.72. The number of halogens is 1. The average Bonchev–Trinajstić information content (AvgIpc) is 2.63. The summed E-state index contributed by atoms with van der Waals surface area (Å²) in [5, 5.41) is 10.7. The van der Waals surface area contributed by atoms with Crippen LogP contribution in [-0.4, -0.2) is 34.2 Å². The van der Waals surface area contributed by atoms with Crippen LogP contribution in [0, 0.1) is 0 Å². The number of nitrogens with zero attached hydrogens (tertiary/aromatic N) is 1. The van der Waals surface area contributed by atoms with Gasteiger partial charge in [-0.2, -0.15) is 0 Å². The largest absolute Gasteiger partial charge is 0.393 e. The zero-order valence-electron chi connectivity index (χ0n) is 11.9. The second-order valence-electron chi connectivity index (χ2n) is 6.32. The molecular formula is C16H23ClN2O. The molecule has 2 aliphatic rings. The number of benzene rings is 1. The van der Waals surface area contributed by atoms with Crippen molar-refractivity contribution in [3.05, 3.63) is 34.9 Å². The highest BCUT2D eigenvalue weighted by Crippen LogP contribution is 2.42. The Morgan fingerprint density at radius 3 is 2.50 bits per heavy atom. The molecule has 4 unspecified atom stereocenters. The van der Waals surface area contributed by atoms with Gasteiger partial charge in [-0.05, 0) is 50.3 Å². The van der Waals surface area contributed by atoms with Gasteiger partial charge in [0.15, 0.2) is 0 Å². The summed E-state index contributed by atoms with van der Waals surface area (Å²) in [5.74, 6) is 0. The van der Waals surface area contributed by atoms with Crippen LogP contribution < -0.4 is 5.73 Å². The van der Waals surface area contributed by atoms with E-state index in [1.807, 2.05) is 18.2 Å². The molecular weight excluding hydrogens is 272 g/mol. The van der Waals surface area contributed by atoms with Crippen LogP contribution in [0.1, 0.15) is 44.2 Å². The third kappa shape index (κ3) is 2.60. The minimum absolute atomic E-state index is 0.0480. The first-order valence-corrected chi connectivity index (χ1v) is 7.90. The van der Waals surface area contributed by atoms with E-state index in [9.17, 15) is 5.11 Å². The van der Waals surface area contributed by atoms with Gasteiger partial charge in [0.2, 0.25) is 0 Å². The minimum Gasteiger partial charge on any atom is -0.393 e. The summed E-state index contributed by atoms with van der Waals surface area (Å²) >= 11 is 6.14. The quantitative estimate of drug-likeness (QED) is 0.901. The standard InChI is InChI=1S/C16H23ClN2O/c1-10(18)16(11-3-2-4-12(17)7-11)19-13-5-6-14(19)9-15(20)8-13/h2-4,7,10,13-16,20H,5-6,8-9,18H2,1H3. The Labute approximate surface area is 125 Å². The van der Waals surface area contributed by atoms with E-state index < -0.39 is 0 Å². The smallest absolute Gasteiger partial charge is 0.0570 e. The first-order valence-electron chi connectivity index (χ1n) is 7.53. The molecule has 20 heavy (non-hydrogen) atoms. The molecule has 110 valence electrons. The maximum atomic E-state index is 9.96. The second kappa shape index (κ2) is 5.64. The molecule has 0 saturated carbocycles. The number of rotatable bonds is 3. The number of aliphatic hydroxyl groups is 1. The Balaban J connectivity index is 1.92. The lowest BCUT2D eigenvalue weighted by Gasteiger charge is -2.44. The molecule has 2 fully saturated rings. The Morgan fingerprint density at radius 2 is 1.95 bits per heavy atom. The lowest BCUT2D eigenvalue weighted by Crippen LogP contribution is -2.50. The molecule has 4 heteroatoms. The number of fused-ring (bicyclic) bond motifs is 2. The van der Waals surface area contributed by atoms with Gasteiger partial charge in [0.05, 0.1) is 12.1 Å². The van der Waals surface area contributed by atoms with Crippen molar-refractivity contribution in [3.63, 3.8) is 0 Å². The van der Waals surface area contributed by atoms with E-state index in [1.54, 1.807) is 0 Å². The Kier molecular flexibility index (Phi) is 4.04. The molecule has 0 amide bonds. The van der Waals surface area contributed by atoms with Crippen molar-refractivity contribution in [1.82, 2.24) is 4.90 Å². The maximum Gasteiger partial charge on any atom is 0.0570 e. The van der Waals surface area contributed by atoms with Crippen molar-refractivity contribution in [2.24, 2.45) is 5.73 Å². The molecule has 3 N–H and O–H groups in total. The van der Waals surface area contributed by atoms with Gasteiger partial charge in [0.1, 0.15) is 0 Å². The summed E-state index contributed by atoms with van der Waals surface area (Å²) in [6.07, 6.45) is 3.95. The normalized spacial score (nSPS) is 33.1. The van der Waals surface area contributed by atoms with Gasteiger partial charge in [0.25, 0.3) is 0 Å². The van der Waals surface area contributed by atoms with E-state index in [0.717, 1.165) is 17.9 Å². The lowest BCUT2D eigenvalue weighted by molar-refractivity contribution is 0.00412. The third-order valence-electron chi connectivity index (χ3n) is 4.77. The molecule has 0 spiro atoms. The summed E-state index contributed by atoms with van der Waals surface area (Å²) in [6, 6.07) is 9.19. The van der Waals surface area contributed by atoms with Gasteiger partial charge in [-0.3, -0.25) is 4.90 Å². The molecule has 0 aliphatic carbocycles. The number of hydrogen-bond donors (Lipinski definition) is 2. The predicted molar refractivity (Wildman–Crippen MR) is 81.7 cm³/mol. The lowest BCUT2D eigenvalue weighted by atomic mass is 9.91. The van der Waals surface area contributed by atoms with Crippen LogP contribution in [0.15, 0.2) is 24.3 Å². The van der Waals surface area contributed by atoms with Crippen LogP contribution in [0.4, 0.5) is 0 Å². The topological polar surface area (TPSA) is 49.5 Å². The molecule has 4 atom stereocenters. The average molecular weight is 295 g/mol. The molecule has 2 saturated heterocycles. The van der Waals surface area contributed by atoms with Gasteiger partial charge in [0, 0.05) is 23.1 Å². The highest BCUT2D eigenvalue weighted by atomic mass is 35.5. The fourth-order valence-corrected chi connectivity index (χ4v) is 4.28. The van der Waals surface area contributed by atoms with Crippen LogP contribution in [0.25, 0.3) is 0 Å². The summed E-state index contributed by atoms with van der Waals surface area (Å²) in [7, 11) is 0. The zero-order valence-corrected chi connectivity index (χ0v) is 12.6. The molecule has 2 bridgehead atoms. The minimum atomic E-state index is -0.142. The molecule has 1 aromatic carbocycles. The fraction of sp³-hybridized carbons (Fsp3) is 0.625. The first-order chi connectivity index (χ1) is 9.56. The van der Waals surface area contributed by atoms with E-state index in [4.69, 9.17) is 17.3 Å². The molecule has 3 rings (SSSR count). The summed E-state index contributed by atoms with van der Waals surface area (Å²) < 4.78 is 0. The van der Waals surface area contributed by atoms with Gasteiger partial charge in [-0.1, -0.05) is 23.7 Å². The van der Waals surface area contributed by atoms with E-state index in [-0.39, 0.29) is 18.2 Å². The molecule has 1 aromatic rings. The van der Waals surface area contributed by atoms with E-state index >= 15 is 0 Å². The van der Waals surface area contributed by atoms with Gasteiger partial charge >= 0.3 is 0 Å². The fourth-order valence-electron chi connectivity index (χ4n) is 4.08. The first kappa shape index (κ1) is 14.3. The molecule has 2 aliphatic heterocycles. The van der Waals surface area contributed by atoms with Gasteiger partial charge in [-0.15, -0.1) is 0 Å². The van der Waals surface area contributed by atoms with Crippen LogP contribution in [-0.2, 0) is 0 Å².